The highest BCUT2D eigenvalue weighted by atomic mass is 16.3. The third kappa shape index (κ3) is 4.47. The third-order valence-electron chi connectivity index (χ3n) is 2.94. The molecule has 0 atom stereocenters. The number of hydrogen-bond acceptors (Lipinski definition) is 2. The maximum atomic E-state index is 11.2. The molecule has 1 fully saturated rings. The summed E-state index contributed by atoms with van der Waals surface area (Å²) in [5, 5.41) is 13.0. The van der Waals surface area contributed by atoms with Crippen molar-refractivity contribution in [2.24, 2.45) is 0 Å². The zero-order valence-corrected chi connectivity index (χ0v) is 9.46. The zero-order chi connectivity index (χ0) is 11.1. The van der Waals surface area contributed by atoms with Crippen LogP contribution in [0.25, 0.3) is 0 Å². The Kier molecular flexibility index (Phi) is 4.82. The molecule has 0 aliphatic heterocycles. The topological polar surface area (TPSA) is 49.3 Å². The molecule has 0 radical (unpaired) electrons. The van der Waals surface area contributed by atoms with Gasteiger partial charge in [-0.25, -0.2) is 0 Å². The van der Waals surface area contributed by atoms with Gasteiger partial charge in [-0.2, -0.15) is 0 Å². The van der Waals surface area contributed by atoms with Crippen molar-refractivity contribution >= 4 is 5.91 Å². The lowest BCUT2D eigenvalue weighted by atomic mass is 9.94. The number of carbonyl (C=O) groups is 1. The summed E-state index contributed by atoms with van der Waals surface area (Å²) >= 11 is 0. The Bertz CT molecular complexity index is 228. The van der Waals surface area contributed by atoms with Crippen LogP contribution < -0.4 is 5.32 Å². The molecular weight excluding hydrogens is 190 g/mol. The van der Waals surface area contributed by atoms with Crippen LogP contribution in [0.5, 0.6) is 0 Å². The van der Waals surface area contributed by atoms with Gasteiger partial charge in [0.15, 0.2) is 0 Å². The highest BCUT2D eigenvalue weighted by Crippen LogP contribution is 2.26. The van der Waals surface area contributed by atoms with E-state index in [2.05, 4.69) is 5.32 Å². The highest BCUT2D eigenvalue weighted by Gasteiger charge is 2.27. The molecular formula is C12H21NO2. The molecule has 0 bridgehead atoms. The van der Waals surface area contributed by atoms with E-state index in [-0.39, 0.29) is 5.91 Å². The van der Waals surface area contributed by atoms with E-state index in [1.807, 2.05) is 0 Å². The fourth-order valence-corrected chi connectivity index (χ4v) is 2.03. The molecule has 3 heteroatoms. The fraction of sp³-hybridized carbons (Fsp3) is 0.750. The van der Waals surface area contributed by atoms with Crippen molar-refractivity contribution < 1.29 is 9.90 Å². The zero-order valence-electron chi connectivity index (χ0n) is 9.46. The molecule has 2 N–H and O–H groups in total. The van der Waals surface area contributed by atoms with E-state index < -0.39 is 5.60 Å². The summed E-state index contributed by atoms with van der Waals surface area (Å²) in [5.74, 6) is -0.116. The molecule has 0 spiro atoms. The first-order valence-corrected chi connectivity index (χ1v) is 5.79. The number of amides is 1. The van der Waals surface area contributed by atoms with Crippen LogP contribution in [0.4, 0.5) is 0 Å². The number of rotatable bonds is 3. The van der Waals surface area contributed by atoms with Crippen molar-refractivity contribution in [2.75, 3.05) is 6.54 Å². The first kappa shape index (κ1) is 12.2. The second kappa shape index (κ2) is 5.91. The molecule has 0 aromatic rings. The summed E-state index contributed by atoms with van der Waals surface area (Å²) in [6.07, 6.45) is 9.33. The van der Waals surface area contributed by atoms with Gasteiger partial charge in [0.25, 0.3) is 0 Å². The first-order chi connectivity index (χ1) is 7.16. The minimum atomic E-state index is -0.673. The predicted molar refractivity (Wildman–Crippen MR) is 60.5 cm³/mol. The number of nitrogens with one attached hydrogen (secondary N) is 1. The van der Waals surface area contributed by atoms with E-state index in [0.717, 1.165) is 25.7 Å². The molecule has 1 aliphatic rings. The van der Waals surface area contributed by atoms with Crippen molar-refractivity contribution in [3.8, 4) is 0 Å². The van der Waals surface area contributed by atoms with Gasteiger partial charge in [-0.15, -0.1) is 0 Å². The van der Waals surface area contributed by atoms with E-state index in [4.69, 9.17) is 0 Å². The largest absolute Gasteiger partial charge is 0.388 e. The highest BCUT2D eigenvalue weighted by molar-refractivity contribution is 5.87. The Morgan fingerprint density at radius 2 is 1.93 bits per heavy atom. The third-order valence-corrected chi connectivity index (χ3v) is 2.94. The molecule has 86 valence electrons. The number of aliphatic hydroxyl groups is 1. The summed E-state index contributed by atoms with van der Waals surface area (Å²) in [6.45, 7) is 2.19. The average molecular weight is 211 g/mol. The quantitative estimate of drug-likeness (QED) is 0.552. The number of carbonyl (C=O) groups excluding carboxylic acids is 1. The van der Waals surface area contributed by atoms with E-state index in [1.165, 1.54) is 18.9 Å². The molecule has 0 aromatic carbocycles. The van der Waals surface area contributed by atoms with Crippen LogP contribution in [0, 0.1) is 0 Å². The summed E-state index contributed by atoms with van der Waals surface area (Å²) in [4.78, 5) is 11.2. The molecule has 0 heterocycles. The van der Waals surface area contributed by atoms with E-state index >= 15 is 0 Å². The van der Waals surface area contributed by atoms with Gasteiger partial charge in [0.2, 0.25) is 5.91 Å². The smallest absolute Gasteiger partial charge is 0.243 e. The average Bonchev–Trinajstić information content (AvgIpc) is 2.42. The normalized spacial score (nSPS) is 21.2. The number of hydrogen-bond donors (Lipinski definition) is 2. The van der Waals surface area contributed by atoms with Crippen LogP contribution in [0.2, 0.25) is 0 Å². The van der Waals surface area contributed by atoms with Gasteiger partial charge in [0.1, 0.15) is 0 Å². The molecule has 1 rings (SSSR count). The van der Waals surface area contributed by atoms with Crippen molar-refractivity contribution in [3.63, 3.8) is 0 Å². The second-order valence-corrected chi connectivity index (χ2v) is 4.36. The summed E-state index contributed by atoms with van der Waals surface area (Å²) < 4.78 is 0. The molecule has 0 unspecified atom stereocenters. The van der Waals surface area contributed by atoms with Gasteiger partial charge >= 0.3 is 0 Å². The van der Waals surface area contributed by atoms with Crippen LogP contribution in [0.3, 0.4) is 0 Å². The van der Waals surface area contributed by atoms with Gasteiger partial charge < -0.3 is 10.4 Å². The molecule has 0 aromatic heterocycles. The van der Waals surface area contributed by atoms with Crippen molar-refractivity contribution in [1.82, 2.24) is 5.32 Å². The predicted octanol–water partition coefficient (Wildman–Crippen LogP) is 1.76. The van der Waals surface area contributed by atoms with Crippen molar-refractivity contribution in [1.29, 1.82) is 0 Å². The monoisotopic (exact) mass is 211 g/mol. The molecule has 1 aliphatic carbocycles. The van der Waals surface area contributed by atoms with Gasteiger partial charge in [0, 0.05) is 6.54 Å². The SMILES string of the molecule is C/C=C/C(=O)NCC1(O)CCCCCC1. The Balaban J connectivity index is 2.37. The van der Waals surface area contributed by atoms with Crippen molar-refractivity contribution in [3.05, 3.63) is 12.2 Å². The van der Waals surface area contributed by atoms with Crippen LogP contribution >= 0.6 is 0 Å². The summed E-state index contributed by atoms with van der Waals surface area (Å²) in [5.41, 5.74) is -0.673. The fourth-order valence-electron chi connectivity index (χ4n) is 2.03. The molecule has 3 nitrogen and oxygen atoms in total. The Morgan fingerprint density at radius 1 is 1.33 bits per heavy atom. The van der Waals surface area contributed by atoms with Gasteiger partial charge in [-0.3, -0.25) is 4.79 Å². The minimum Gasteiger partial charge on any atom is -0.388 e. The van der Waals surface area contributed by atoms with Crippen LogP contribution in [0.1, 0.15) is 45.4 Å². The lowest BCUT2D eigenvalue weighted by Gasteiger charge is -2.26. The molecule has 1 amide bonds. The standard InChI is InChI=1S/C12H21NO2/c1-2-7-11(14)13-10-12(15)8-5-3-4-6-9-12/h2,7,15H,3-6,8-10H2,1H3,(H,13,14)/b7-2+. The van der Waals surface area contributed by atoms with Gasteiger partial charge in [-0.1, -0.05) is 31.8 Å². The minimum absolute atomic E-state index is 0.116. The lowest BCUT2D eigenvalue weighted by Crippen LogP contribution is -2.42. The maximum Gasteiger partial charge on any atom is 0.243 e. The lowest BCUT2D eigenvalue weighted by molar-refractivity contribution is -0.117. The van der Waals surface area contributed by atoms with E-state index in [9.17, 15) is 9.90 Å². The van der Waals surface area contributed by atoms with E-state index in [1.54, 1.807) is 13.0 Å². The van der Waals surface area contributed by atoms with Gasteiger partial charge in [0.05, 0.1) is 5.60 Å². The maximum absolute atomic E-state index is 11.2. The Hall–Kier alpha value is -0.830. The number of allylic oxidation sites excluding steroid dienone is 1. The van der Waals surface area contributed by atoms with Crippen LogP contribution in [-0.2, 0) is 4.79 Å². The second-order valence-electron chi connectivity index (χ2n) is 4.36. The molecule has 1 saturated carbocycles. The van der Waals surface area contributed by atoms with Crippen LogP contribution in [-0.4, -0.2) is 23.2 Å². The summed E-state index contributed by atoms with van der Waals surface area (Å²) in [7, 11) is 0. The summed E-state index contributed by atoms with van der Waals surface area (Å²) in [6, 6.07) is 0. The van der Waals surface area contributed by atoms with Crippen LogP contribution in [0.15, 0.2) is 12.2 Å². The Labute approximate surface area is 91.6 Å². The van der Waals surface area contributed by atoms with Gasteiger partial charge in [-0.05, 0) is 25.8 Å². The van der Waals surface area contributed by atoms with E-state index in [0.29, 0.717) is 6.54 Å². The first-order valence-electron chi connectivity index (χ1n) is 5.79. The Morgan fingerprint density at radius 3 is 2.47 bits per heavy atom. The molecule has 15 heavy (non-hydrogen) atoms. The van der Waals surface area contributed by atoms with Crippen molar-refractivity contribution in [2.45, 2.75) is 51.0 Å². The molecule has 0 saturated heterocycles.